The number of aliphatic hydroxyl groups is 3. The maximum Gasteiger partial charge on any atom is 0.409 e. The number of carbonyl (C=O) groups excluding carboxylic acids is 2. The van der Waals surface area contributed by atoms with E-state index >= 15 is 0 Å². The van der Waals surface area contributed by atoms with Gasteiger partial charge in [0, 0.05) is 46.3 Å². The first kappa shape index (κ1) is 43.5. The molecule has 3 fully saturated rings. The number of likely N-dealkylation sites (N-methyl/N-ethyl adjacent to an activating group) is 2. The van der Waals surface area contributed by atoms with Gasteiger partial charge in [0.15, 0.2) is 17.6 Å². The molecule has 1 aliphatic carbocycles. The Kier molecular flexibility index (Phi) is 15.4. The molecule has 3 aliphatic rings. The molecule has 18 nitrogen and oxygen atoms in total. The van der Waals surface area contributed by atoms with Gasteiger partial charge in [-0.15, -0.1) is 0 Å². The highest BCUT2D eigenvalue weighted by molar-refractivity contribution is 5.73. The van der Waals surface area contributed by atoms with Gasteiger partial charge in [0.25, 0.3) is 0 Å². The SMILES string of the molecule is COc1ccc(CCO[C@@H]2CCCC[C@@H]2N2CC[C@@H](OC(=O)N(C)CCN(C)C(=O)OCc3ccc(OC4OC(C(=O)O)C(O)C(O)C4O)c(N)c3)C2)cc1OC. The van der Waals surface area contributed by atoms with Crippen LogP contribution in [-0.2, 0) is 36.8 Å². The summed E-state index contributed by atoms with van der Waals surface area (Å²) in [5, 5.41) is 39.4. The molecule has 8 atom stereocenters. The quantitative estimate of drug-likeness (QED) is 0.152. The molecular formula is C39H56N4O14. The summed E-state index contributed by atoms with van der Waals surface area (Å²) < 4.78 is 39.1. The minimum Gasteiger partial charge on any atom is -0.493 e. The normalized spacial score (nSPS) is 26.3. The molecule has 5 rings (SSSR count). The Morgan fingerprint density at radius 2 is 1.54 bits per heavy atom. The molecule has 2 aromatic carbocycles. The second-order valence-electron chi connectivity index (χ2n) is 14.6. The molecule has 2 saturated heterocycles. The molecule has 316 valence electrons. The Hall–Kier alpha value is -4.59. The third-order valence-corrected chi connectivity index (χ3v) is 10.6. The zero-order valence-electron chi connectivity index (χ0n) is 32.9. The Balaban J connectivity index is 1.01. The lowest BCUT2D eigenvalue weighted by atomic mass is 9.91. The Labute approximate surface area is 331 Å². The molecular weight excluding hydrogens is 748 g/mol. The van der Waals surface area contributed by atoms with Crippen LogP contribution in [0.2, 0.25) is 0 Å². The van der Waals surface area contributed by atoms with Gasteiger partial charge in [-0.3, -0.25) is 4.90 Å². The van der Waals surface area contributed by atoms with Crippen LogP contribution in [0, 0.1) is 0 Å². The van der Waals surface area contributed by atoms with Crippen molar-refractivity contribution < 1.29 is 68.0 Å². The number of hydrogen-bond acceptors (Lipinski definition) is 15. The van der Waals surface area contributed by atoms with E-state index in [-0.39, 0.29) is 49.4 Å². The monoisotopic (exact) mass is 804 g/mol. The van der Waals surface area contributed by atoms with E-state index < -0.39 is 48.9 Å². The first-order valence-corrected chi connectivity index (χ1v) is 19.1. The van der Waals surface area contributed by atoms with E-state index in [1.165, 1.54) is 28.0 Å². The van der Waals surface area contributed by atoms with Gasteiger partial charge < -0.3 is 69.1 Å². The van der Waals surface area contributed by atoms with E-state index in [0.717, 1.165) is 50.6 Å². The van der Waals surface area contributed by atoms with Gasteiger partial charge in [-0.2, -0.15) is 0 Å². The smallest absolute Gasteiger partial charge is 0.409 e. The number of nitrogens with zero attached hydrogens (tertiary/aromatic N) is 3. The van der Waals surface area contributed by atoms with Crippen LogP contribution in [0.25, 0.3) is 0 Å². The number of amides is 2. The summed E-state index contributed by atoms with van der Waals surface area (Å²) >= 11 is 0. The van der Waals surface area contributed by atoms with E-state index in [1.54, 1.807) is 28.3 Å². The van der Waals surface area contributed by atoms with E-state index in [0.29, 0.717) is 30.2 Å². The highest BCUT2D eigenvalue weighted by atomic mass is 16.7. The number of likely N-dealkylation sites (tertiary alicyclic amines) is 1. The summed E-state index contributed by atoms with van der Waals surface area (Å²) in [7, 11) is 6.40. The summed E-state index contributed by atoms with van der Waals surface area (Å²) in [4.78, 5) is 42.2. The van der Waals surface area contributed by atoms with E-state index in [1.807, 2.05) is 18.2 Å². The number of nitrogen functional groups attached to an aromatic ring is 1. The van der Waals surface area contributed by atoms with Crippen LogP contribution in [0.5, 0.6) is 17.2 Å². The predicted octanol–water partition coefficient (Wildman–Crippen LogP) is 1.84. The van der Waals surface area contributed by atoms with Crippen molar-refractivity contribution in [3.63, 3.8) is 0 Å². The van der Waals surface area contributed by atoms with Crippen LogP contribution in [0.1, 0.15) is 43.2 Å². The molecule has 1 saturated carbocycles. The maximum absolute atomic E-state index is 13.0. The standard InChI is InChI=1S/C39H56N4O14/c1-41(38(49)54-22-24-10-11-28(26(40)19-24)56-37-34(46)32(44)33(45)35(57-37)36(47)48)16-17-42(2)39(50)55-25-13-15-43(21-25)27-7-5-6-8-29(27)53-18-14-23-9-12-30(51-3)31(20-23)52-4/h9-12,19-20,25,27,29,32-35,37,44-46H,5-8,13-18,21-22,40H2,1-4H3,(H,47,48)/t25-,27+,29-,32?,33?,34?,35?,37?/m1/s1. The third-order valence-electron chi connectivity index (χ3n) is 10.6. The lowest BCUT2D eigenvalue weighted by molar-refractivity contribution is -0.271. The van der Waals surface area contributed by atoms with Crippen molar-refractivity contribution in [2.75, 3.05) is 66.8 Å². The predicted molar refractivity (Wildman–Crippen MR) is 203 cm³/mol. The van der Waals surface area contributed by atoms with Gasteiger partial charge in [-0.1, -0.05) is 25.0 Å². The average molecular weight is 805 g/mol. The molecule has 0 radical (unpaired) electrons. The summed E-state index contributed by atoms with van der Waals surface area (Å²) in [5.41, 5.74) is 7.74. The van der Waals surface area contributed by atoms with Gasteiger partial charge in [-0.05, 0) is 61.1 Å². The number of ether oxygens (including phenoxy) is 7. The number of carbonyl (C=O) groups is 3. The minimum atomic E-state index is -1.86. The molecule has 0 aromatic heterocycles. The van der Waals surface area contributed by atoms with E-state index in [4.69, 9.17) is 38.9 Å². The summed E-state index contributed by atoms with van der Waals surface area (Å²) in [6.07, 6.45) is -4.39. The van der Waals surface area contributed by atoms with Crippen LogP contribution in [-0.4, -0.2) is 163 Å². The highest BCUT2D eigenvalue weighted by Crippen LogP contribution is 2.32. The zero-order chi connectivity index (χ0) is 41.2. The fraction of sp³-hybridized carbons (Fsp3) is 0.615. The third kappa shape index (κ3) is 11.3. The Morgan fingerprint density at radius 1 is 0.860 bits per heavy atom. The second-order valence-corrected chi connectivity index (χ2v) is 14.6. The highest BCUT2D eigenvalue weighted by Gasteiger charge is 2.48. The molecule has 2 amide bonds. The number of nitrogens with two attached hydrogens (primary N) is 1. The topological polar surface area (TPSA) is 232 Å². The van der Waals surface area contributed by atoms with Crippen molar-refractivity contribution >= 4 is 23.8 Å². The van der Waals surface area contributed by atoms with Crippen LogP contribution in [0.3, 0.4) is 0 Å². The molecule has 2 heterocycles. The fourth-order valence-electron chi connectivity index (χ4n) is 7.24. The van der Waals surface area contributed by atoms with E-state index in [9.17, 15) is 34.8 Å². The number of methoxy groups -OCH3 is 2. The summed E-state index contributed by atoms with van der Waals surface area (Å²) in [6, 6.07) is 10.6. The lowest BCUT2D eigenvalue weighted by Crippen LogP contribution is -2.61. The first-order chi connectivity index (χ1) is 27.3. The number of hydrogen-bond donors (Lipinski definition) is 5. The summed E-state index contributed by atoms with van der Waals surface area (Å²) in [6.45, 7) is 2.29. The second kappa shape index (κ2) is 20.2. The number of aliphatic hydroxyl groups excluding tert-OH is 3. The maximum atomic E-state index is 13.0. The summed E-state index contributed by atoms with van der Waals surface area (Å²) in [5.74, 6) is -0.152. The van der Waals surface area contributed by atoms with Crippen molar-refractivity contribution in [1.29, 1.82) is 0 Å². The molecule has 57 heavy (non-hydrogen) atoms. The number of anilines is 1. The van der Waals surface area contributed by atoms with Gasteiger partial charge in [0.05, 0.1) is 32.6 Å². The largest absolute Gasteiger partial charge is 0.493 e. The van der Waals surface area contributed by atoms with Gasteiger partial charge >= 0.3 is 18.2 Å². The fourth-order valence-corrected chi connectivity index (χ4v) is 7.24. The molecule has 5 unspecified atom stereocenters. The number of benzene rings is 2. The zero-order valence-corrected chi connectivity index (χ0v) is 32.9. The van der Waals surface area contributed by atoms with Crippen molar-refractivity contribution in [2.45, 2.75) is 94.1 Å². The molecule has 2 aromatic rings. The number of carboxylic acids is 1. The van der Waals surface area contributed by atoms with Gasteiger partial charge in [0.1, 0.15) is 36.8 Å². The Bertz CT molecular complexity index is 1670. The molecule has 6 N–H and O–H groups in total. The molecule has 2 aliphatic heterocycles. The molecule has 0 spiro atoms. The first-order valence-electron chi connectivity index (χ1n) is 19.1. The van der Waals surface area contributed by atoms with Gasteiger partial charge in [-0.25, -0.2) is 14.4 Å². The lowest BCUT2D eigenvalue weighted by Gasteiger charge is -2.38. The Morgan fingerprint density at radius 3 is 2.25 bits per heavy atom. The van der Waals surface area contributed by atoms with Crippen molar-refractivity contribution in [2.24, 2.45) is 0 Å². The number of carboxylic acid groups (broad SMARTS) is 1. The van der Waals surface area contributed by atoms with Crippen LogP contribution in [0.15, 0.2) is 36.4 Å². The van der Waals surface area contributed by atoms with Crippen LogP contribution >= 0.6 is 0 Å². The van der Waals surface area contributed by atoms with Crippen LogP contribution < -0.4 is 19.9 Å². The van der Waals surface area contributed by atoms with Crippen molar-refractivity contribution in [3.05, 3.63) is 47.5 Å². The number of rotatable bonds is 16. The van der Waals surface area contributed by atoms with Crippen molar-refractivity contribution in [1.82, 2.24) is 14.7 Å². The van der Waals surface area contributed by atoms with Gasteiger partial charge in [0.2, 0.25) is 6.29 Å². The minimum absolute atomic E-state index is 0.00464. The van der Waals surface area contributed by atoms with Crippen LogP contribution in [0.4, 0.5) is 15.3 Å². The average Bonchev–Trinajstić information content (AvgIpc) is 3.67. The molecule has 18 heteroatoms. The van der Waals surface area contributed by atoms with Crippen molar-refractivity contribution in [3.8, 4) is 17.2 Å². The number of aliphatic carboxylic acids is 1. The molecule has 0 bridgehead atoms. The van der Waals surface area contributed by atoms with E-state index in [2.05, 4.69) is 4.90 Å².